The second kappa shape index (κ2) is 8.66. The van der Waals surface area contributed by atoms with Crippen molar-refractivity contribution in [1.82, 2.24) is 0 Å². The molecule has 1 fully saturated rings. The zero-order chi connectivity index (χ0) is 27.9. The molecule has 2 heterocycles. The van der Waals surface area contributed by atoms with Gasteiger partial charge >= 0.3 is 0 Å². The van der Waals surface area contributed by atoms with Gasteiger partial charge in [0.25, 0.3) is 0 Å². The first-order valence-electron chi connectivity index (χ1n) is 15.0. The molecule has 0 bridgehead atoms. The highest BCUT2D eigenvalue weighted by atomic mass is 16.3. The lowest BCUT2D eigenvalue weighted by Gasteiger charge is -2.46. The molecule has 0 aliphatic heterocycles. The number of furan rings is 1. The van der Waals surface area contributed by atoms with Gasteiger partial charge in [-0.15, -0.1) is 0 Å². The van der Waals surface area contributed by atoms with Crippen molar-refractivity contribution >= 4 is 21.9 Å². The molecular formula is C39H36NO+. The Morgan fingerprint density at radius 2 is 1.39 bits per heavy atom. The monoisotopic (exact) mass is 534 g/mol. The average molecular weight is 535 g/mol. The maximum absolute atomic E-state index is 6.50. The van der Waals surface area contributed by atoms with Gasteiger partial charge in [-0.1, -0.05) is 93.4 Å². The molecule has 0 unspecified atom stereocenters. The third-order valence-corrected chi connectivity index (χ3v) is 10.3. The third kappa shape index (κ3) is 3.40. The lowest BCUT2D eigenvalue weighted by atomic mass is 9.57. The lowest BCUT2D eigenvalue weighted by molar-refractivity contribution is -0.660. The highest BCUT2D eigenvalue weighted by Crippen LogP contribution is 2.57. The van der Waals surface area contributed by atoms with E-state index in [0.29, 0.717) is 0 Å². The predicted octanol–water partition coefficient (Wildman–Crippen LogP) is 9.55. The Kier molecular flexibility index (Phi) is 5.20. The average Bonchev–Trinajstić information content (AvgIpc) is 3.63. The molecule has 4 aromatic carbocycles. The molecule has 202 valence electrons. The van der Waals surface area contributed by atoms with E-state index >= 15 is 0 Å². The molecule has 2 nitrogen and oxygen atoms in total. The van der Waals surface area contributed by atoms with Gasteiger partial charge in [0.05, 0.1) is 5.56 Å². The molecule has 2 aliphatic carbocycles. The highest BCUT2D eigenvalue weighted by molar-refractivity contribution is 6.09. The second-order valence-corrected chi connectivity index (χ2v) is 12.9. The van der Waals surface area contributed by atoms with Crippen LogP contribution in [0.5, 0.6) is 0 Å². The van der Waals surface area contributed by atoms with E-state index in [1.165, 1.54) is 75.5 Å². The fraction of sp³-hybridized carbons (Fsp3) is 0.256. The van der Waals surface area contributed by atoms with Crippen molar-refractivity contribution in [3.63, 3.8) is 0 Å². The van der Waals surface area contributed by atoms with E-state index in [4.69, 9.17) is 4.42 Å². The number of fused-ring (bicyclic) bond motifs is 7. The second-order valence-electron chi connectivity index (χ2n) is 12.9. The van der Waals surface area contributed by atoms with Gasteiger partial charge < -0.3 is 4.42 Å². The number of para-hydroxylation sites is 1. The molecule has 8 rings (SSSR count). The quantitative estimate of drug-likeness (QED) is 0.202. The van der Waals surface area contributed by atoms with Gasteiger partial charge in [0.1, 0.15) is 18.2 Å². The van der Waals surface area contributed by atoms with Crippen molar-refractivity contribution in [2.24, 2.45) is 7.05 Å². The van der Waals surface area contributed by atoms with Gasteiger partial charge in [0.15, 0.2) is 6.20 Å². The van der Waals surface area contributed by atoms with E-state index < -0.39 is 0 Å². The zero-order valence-corrected chi connectivity index (χ0v) is 24.4. The standard InChI is InChI=1S/C39H36NO/c1-25-15-17-29-28-11-5-8-14-35(28)41-37(29)36(25)34-24-27(19-22-40(34)4)26-16-18-31-33(23-26)39(20-9-10-21-39)32-13-7-6-12-30(32)38(31,2)3/h5-8,11-19,22-24H,9-10,20-21H2,1-4H3/q+1. The summed E-state index contributed by atoms with van der Waals surface area (Å²) < 4.78 is 8.73. The smallest absolute Gasteiger partial charge is 0.216 e. The Labute approximate surface area is 242 Å². The largest absolute Gasteiger partial charge is 0.455 e. The minimum absolute atomic E-state index is 0.0133. The number of hydrogen-bond donors (Lipinski definition) is 0. The molecule has 2 aliphatic rings. The van der Waals surface area contributed by atoms with Crippen LogP contribution < -0.4 is 4.57 Å². The Morgan fingerprint density at radius 3 is 2.22 bits per heavy atom. The van der Waals surface area contributed by atoms with Gasteiger partial charge in [-0.2, -0.15) is 0 Å². The summed E-state index contributed by atoms with van der Waals surface area (Å²) in [5, 5.41) is 2.34. The molecular weight excluding hydrogens is 498 g/mol. The van der Waals surface area contributed by atoms with Gasteiger partial charge in [0.2, 0.25) is 5.69 Å². The molecule has 0 N–H and O–H groups in total. The fourth-order valence-electron chi connectivity index (χ4n) is 8.12. The van der Waals surface area contributed by atoms with Gasteiger partial charge in [-0.3, -0.25) is 0 Å². The Hall–Kier alpha value is -4.17. The topological polar surface area (TPSA) is 17.0 Å². The molecule has 1 saturated carbocycles. The van der Waals surface area contributed by atoms with Crippen LogP contribution in [0.3, 0.4) is 0 Å². The SMILES string of the molecule is Cc1ccc2c(oc3ccccc32)c1-c1cc(-c2ccc3c(c2)C2(CCCC2)c2ccccc2C3(C)C)cc[n+]1C. The maximum Gasteiger partial charge on any atom is 0.216 e. The normalized spacial score (nSPS) is 16.8. The van der Waals surface area contributed by atoms with Crippen LogP contribution in [0.4, 0.5) is 0 Å². The van der Waals surface area contributed by atoms with Crippen LogP contribution >= 0.6 is 0 Å². The Morgan fingerprint density at radius 1 is 0.683 bits per heavy atom. The molecule has 0 saturated heterocycles. The summed E-state index contributed by atoms with van der Waals surface area (Å²) >= 11 is 0. The van der Waals surface area contributed by atoms with Crippen LogP contribution in [0, 0.1) is 6.92 Å². The van der Waals surface area contributed by atoms with Crippen molar-refractivity contribution in [1.29, 1.82) is 0 Å². The van der Waals surface area contributed by atoms with Crippen LogP contribution in [-0.4, -0.2) is 0 Å². The molecule has 0 atom stereocenters. The van der Waals surface area contributed by atoms with Crippen molar-refractivity contribution in [3.8, 4) is 22.4 Å². The molecule has 6 aromatic rings. The summed E-state index contributed by atoms with van der Waals surface area (Å²) in [4.78, 5) is 0. The molecule has 1 spiro atoms. The summed E-state index contributed by atoms with van der Waals surface area (Å²) in [6.45, 7) is 7.00. The van der Waals surface area contributed by atoms with Crippen molar-refractivity contribution < 1.29 is 8.98 Å². The Bertz CT molecular complexity index is 2000. The maximum atomic E-state index is 6.50. The van der Waals surface area contributed by atoms with Crippen molar-refractivity contribution in [2.45, 2.75) is 57.3 Å². The van der Waals surface area contributed by atoms with E-state index in [1.54, 1.807) is 11.1 Å². The van der Waals surface area contributed by atoms with Crippen molar-refractivity contribution in [3.05, 3.63) is 125 Å². The molecule has 2 heteroatoms. The fourth-order valence-corrected chi connectivity index (χ4v) is 8.12. The van der Waals surface area contributed by atoms with Crippen LogP contribution in [0.15, 0.2) is 102 Å². The van der Waals surface area contributed by atoms with Gasteiger partial charge in [-0.05, 0) is 70.8 Å². The summed E-state index contributed by atoms with van der Waals surface area (Å²) in [7, 11) is 2.14. The van der Waals surface area contributed by atoms with Gasteiger partial charge in [-0.25, -0.2) is 4.57 Å². The van der Waals surface area contributed by atoms with Crippen LogP contribution in [0.1, 0.15) is 67.3 Å². The van der Waals surface area contributed by atoms with E-state index in [9.17, 15) is 0 Å². The summed E-state index contributed by atoms with van der Waals surface area (Å²) in [6, 6.07) is 34.0. The van der Waals surface area contributed by atoms with Crippen LogP contribution in [0.25, 0.3) is 44.3 Å². The number of benzene rings is 4. The predicted molar refractivity (Wildman–Crippen MR) is 168 cm³/mol. The zero-order valence-electron chi connectivity index (χ0n) is 24.4. The lowest BCUT2D eigenvalue weighted by Crippen LogP contribution is -2.38. The third-order valence-electron chi connectivity index (χ3n) is 10.3. The number of hydrogen-bond acceptors (Lipinski definition) is 1. The molecule has 41 heavy (non-hydrogen) atoms. The number of aryl methyl sites for hydroxylation is 2. The number of rotatable bonds is 2. The molecule has 2 aromatic heterocycles. The Balaban J connectivity index is 1.33. The van der Waals surface area contributed by atoms with E-state index in [0.717, 1.165) is 11.2 Å². The summed E-state index contributed by atoms with van der Waals surface area (Å²) in [5.74, 6) is 0. The van der Waals surface area contributed by atoms with E-state index in [-0.39, 0.29) is 10.8 Å². The van der Waals surface area contributed by atoms with Gasteiger partial charge in [0, 0.05) is 33.7 Å². The first-order valence-corrected chi connectivity index (χ1v) is 15.0. The summed E-state index contributed by atoms with van der Waals surface area (Å²) in [6.07, 6.45) is 7.27. The van der Waals surface area contributed by atoms with Crippen LogP contribution in [0.2, 0.25) is 0 Å². The number of aromatic nitrogens is 1. The minimum Gasteiger partial charge on any atom is -0.455 e. The molecule has 0 radical (unpaired) electrons. The first-order chi connectivity index (χ1) is 19.9. The van der Waals surface area contributed by atoms with E-state index in [1.807, 2.05) is 6.07 Å². The first kappa shape index (κ1) is 24.6. The molecule has 0 amide bonds. The van der Waals surface area contributed by atoms with Crippen molar-refractivity contribution in [2.75, 3.05) is 0 Å². The minimum atomic E-state index is -0.0133. The summed E-state index contributed by atoms with van der Waals surface area (Å²) in [5.41, 5.74) is 14.2. The highest BCUT2D eigenvalue weighted by Gasteiger charge is 2.47. The van der Waals surface area contributed by atoms with Crippen LogP contribution in [-0.2, 0) is 17.9 Å². The van der Waals surface area contributed by atoms with E-state index in [2.05, 4.69) is 124 Å². The number of nitrogens with zero attached hydrogens (tertiary/aromatic N) is 1. The number of pyridine rings is 1.